The summed E-state index contributed by atoms with van der Waals surface area (Å²) in [4.78, 5) is 38.3. The summed E-state index contributed by atoms with van der Waals surface area (Å²) in [6.45, 7) is 9.37. The molecule has 0 spiro atoms. The van der Waals surface area contributed by atoms with Crippen LogP contribution in [-0.4, -0.2) is 22.1 Å². The van der Waals surface area contributed by atoms with Gasteiger partial charge in [-0.15, -0.1) is 0 Å². The van der Waals surface area contributed by atoms with Crippen LogP contribution in [0.4, 0.5) is 0 Å². The fourth-order valence-electron chi connectivity index (χ4n) is 2.41. The highest BCUT2D eigenvalue weighted by Crippen LogP contribution is 2.10. The standard InChI is InChI=1S/C19H20N2O4/c1-4-8-14(13(2)3)19(24)25-12-7-11-21-16-10-6-5-9-15(16)20-17(22)18(21)23/h4-6,8-10H,1-2,7,11-12H2,3H3,(H,20,22)/b14-8+. The third-order valence-electron chi connectivity index (χ3n) is 3.61. The zero-order valence-electron chi connectivity index (χ0n) is 14.1. The van der Waals surface area contributed by atoms with Crippen molar-refractivity contribution in [2.75, 3.05) is 6.61 Å². The number of aryl methyl sites for hydroxylation is 1. The van der Waals surface area contributed by atoms with Gasteiger partial charge in [-0.05, 0) is 37.1 Å². The van der Waals surface area contributed by atoms with Gasteiger partial charge in [0.05, 0.1) is 23.2 Å². The maximum absolute atomic E-state index is 12.1. The second-order valence-corrected chi connectivity index (χ2v) is 5.51. The maximum atomic E-state index is 12.1. The van der Waals surface area contributed by atoms with Crippen LogP contribution in [0.2, 0.25) is 0 Å². The minimum absolute atomic E-state index is 0.119. The number of ether oxygens (including phenoxy) is 1. The van der Waals surface area contributed by atoms with Crippen molar-refractivity contribution in [3.63, 3.8) is 0 Å². The van der Waals surface area contributed by atoms with Gasteiger partial charge in [-0.3, -0.25) is 9.59 Å². The van der Waals surface area contributed by atoms with Gasteiger partial charge in [-0.1, -0.05) is 31.4 Å². The number of carbonyl (C=O) groups is 1. The summed E-state index contributed by atoms with van der Waals surface area (Å²) in [6, 6.07) is 7.05. The van der Waals surface area contributed by atoms with E-state index in [0.29, 0.717) is 28.6 Å². The Kier molecular flexibility index (Phi) is 5.89. The minimum atomic E-state index is -0.672. The molecule has 0 radical (unpaired) electrons. The Morgan fingerprint density at radius 3 is 2.72 bits per heavy atom. The van der Waals surface area contributed by atoms with E-state index in [1.807, 2.05) is 0 Å². The largest absolute Gasteiger partial charge is 0.462 e. The summed E-state index contributed by atoms with van der Waals surface area (Å²) < 4.78 is 6.59. The zero-order valence-corrected chi connectivity index (χ0v) is 14.1. The third kappa shape index (κ3) is 4.23. The average Bonchev–Trinajstić information content (AvgIpc) is 2.58. The lowest BCUT2D eigenvalue weighted by Crippen LogP contribution is -2.36. The van der Waals surface area contributed by atoms with Crippen molar-refractivity contribution in [2.45, 2.75) is 19.9 Å². The Bertz CT molecular complexity index is 963. The van der Waals surface area contributed by atoms with Gasteiger partial charge in [0.1, 0.15) is 0 Å². The zero-order chi connectivity index (χ0) is 18.4. The van der Waals surface area contributed by atoms with E-state index in [2.05, 4.69) is 18.1 Å². The number of nitrogens with zero attached hydrogens (tertiary/aromatic N) is 1. The van der Waals surface area contributed by atoms with Gasteiger partial charge in [-0.2, -0.15) is 0 Å². The predicted molar refractivity (Wildman–Crippen MR) is 97.5 cm³/mol. The molecule has 1 aromatic heterocycles. The second-order valence-electron chi connectivity index (χ2n) is 5.51. The van der Waals surface area contributed by atoms with E-state index in [1.165, 1.54) is 10.6 Å². The minimum Gasteiger partial charge on any atom is -0.462 e. The molecule has 1 heterocycles. The normalized spacial score (nSPS) is 11.3. The SMILES string of the molecule is C=C/C=C(\C(=C)C)C(=O)OCCCn1c(=O)c(=O)[nH]c2ccccc21. The van der Waals surface area contributed by atoms with E-state index < -0.39 is 17.1 Å². The van der Waals surface area contributed by atoms with Gasteiger partial charge in [0, 0.05) is 6.54 Å². The molecule has 130 valence electrons. The molecule has 0 aliphatic rings. The smallest absolute Gasteiger partial charge is 0.338 e. The Hall–Kier alpha value is -3.15. The van der Waals surface area contributed by atoms with Gasteiger partial charge >= 0.3 is 17.1 Å². The molecule has 0 saturated heterocycles. The number of rotatable bonds is 7. The van der Waals surface area contributed by atoms with E-state index in [4.69, 9.17) is 4.74 Å². The van der Waals surface area contributed by atoms with Gasteiger partial charge in [0.2, 0.25) is 0 Å². The van der Waals surface area contributed by atoms with Gasteiger partial charge in [0.25, 0.3) is 0 Å². The van der Waals surface area contributed by atoms with Gasteiger partial charge in [-0.25, -0.2) is 4.79 Å². The number of H-pyrrole nitrogens is 1. The maximum Gasteiger partial charge on any atom is 0.338 e. The lowest BCUT2D eigenvalue weighted by Gasteiger charge is -2.10. The molecule has 1 N–H and O–H groups in total. The number of esters is 1. The average molecular weight is 340 g/mol. The van der Waals surface area contributed by atoms with Crippen molar-refractivity contribution < 1.29 is 9.53 Å². The first-order valence-corrected chi connectivity index (χ1v) is 7.83. The molecule has 6 nitrogen and oxygen atoms in total. The first kappa shape index (κ1) is 18.2. The van der Waals surface area contributed by atoms with Gasteiger partial charge < -0.3 is 14.3 Å². The van der Waals surface area contributed by atoms with Crippen LogP contribution in [0, 0.1) is 0 Å². The monoisotopic (exact) mass is 340 g/mol. The van der Waals surface area contributed by atoms with Crippen LogP contribution in [0.3, 0.4) is 0 Å². The highest BCUT2D eigenvalue weighted by Gasteiger charge is 2.11. The van der Waals surface area contributed by atoms with Crippen molar-refractivity contribution >= 4 is 17.0 Å². The number of hydrogen-bond donors (Lipinski definition) is 1. The Morgan fingerprint density at radius 1 is 1.32 bits per heavy atom. The van der Waals surface area contributed by atoms with E-state index in [-0.39, 0.29) is 13.2 Å². The number of allylic oxidation sites excluding steroid dienone is 2. The molecule has 2 aromatic rings. The number of nitrogens with one attached hydrogen (secondary N) is 1. The summed E-state index contributed by atoms with van der Waals surface area (Å²) in [5.41, 5.74) is 0.860. The number of carbonyl (C=O) groups excluding carboxylic acids is 1. The van der Waals surface area contributed by atoms with Crippen LogP contribution in [0.25, 0.3) is 11.0 Å². The number of fused-ring (bicyclic) bond motifs is 1. The molecule has 0 aliphatic carbocycles. The van der Waals surface area contributed by atoms with Crippen LogP contribution in [-0.2, 0) is 16.1 Å². The number of hydrogen-bond acceptors (Lipinski definition) is 4. The van der Waals surface area contributed by atoms with E-state index in [9.17, 15) is 14.4 Å². The summed E-state index contributed by atoms with van der Waals surface area (Å²) in [6.07, 6.45) is 3.43. The molecular formula is C19H20N2O4. The third-order valence-corrected chi connectivity index (χ3v) is 3.61. The summed E-state index contributed by atoms with van der Waals surface area (Å²) in [7, 11) is 0. The molecule has 0 fully saturated rings. The fraction of sp³-hybridized carbons (Fsp3) is 0.211. The lowest BCUT2D eigenvalue weighted by molar-refractivity contribution is -0.138. The Balaban J connectivity index is 2.08. The number of benzene rings is 1. The highest BCUT2D eigenvalue weighted by atomic mass is 16.5. The van der Waals surface area contributed by atoms with Crippen molar-refractivity contribution in [2.24, 2.45) is 0 Å². The topological polar surface area (TPSA) is 81.2 Å². The lowest BCUT2D eigenvalue weighted by atomic mass is 10.1. The molecule has 0 atom stereocenters. The molecule has 1 aromatic carbocycles. The van der Waals surface area contributed by atoms with Crippen molar-refractivity contribution in [1.82, 2.24) is 9.55 Å². The quantitative estimate of drug-likeness (QED) is 0.276. The highest BCUT2D eigenvalue weighted by molar-refractivity contribution is 5.93. The first-order valence-electron chi connectivity index (χ1n) is 7.83. The number of aromatic nitrogens is 2. The molecule has 0 unspecified atom stereocenters. The van der Waals surface area contributed by atoms with Crippen LogP contribution < -0.4 is 11.1 Å². The van der Waals surface area contributed by atoms with Gasteiger partial charge in [0.15, 0.2) is 0 Å². The molecule has 0 amide bonds. The Labute approximate surface area is 144 Å². The summed E-state index contributed by atoms with van der Waals surface area (Å²) >= 11 is 0. The van der Waals surface area contributed by atoms with E-state index in [0.717, 1.165) is 0 Å². The summed E-state index contributed by atoms with van der Waals surface area (Å²) in [5.74, 6) is -0.490. The van der Waals surface area contributed by atoms with Crippen molar-refractivity contribution in [1.29, 1.82) is 0 Å². The molecule has 0 saturated carbocycles. The molecule has 0 bridgehead atoms. The van der Waals surface area contributed by atoms with Crippen molar-refractivity contribution in [3.05, 3.63) is 81.4 Å². The molecule has 25 heavy (non-hydrogen) atoms. The van der Waals surface area contributed by atoms with Crippen molar-refractivity contribution in [3.8, 4) is 0 Å². The molecular weight excluding hydrogens is 320 g/mol. The first-order chi connectivity index (χ1) is 12.0. The second kappa shape index (κ2) is 8.10. The summed E-state index contributed by atoms with van der Waals surface area (Å²) in [5, 5.41) is 0. The van der Waals surface area contributed by atoms with Crippen LogP contribution in [0.15, 0.2) is 70.3 Å². The number of para-hydroxylation sites is 2. The predicted octanol–water partition coefficient (Wildman–Crippen LogP) is 2.31. The van der Waals surface area contributed by atoms with Crippen LogP contribution in [0.1, 0.15) is 13.3 Å². The van der Waals surface area contributed by atoms with Crippen LogP contribution >= 0.6 is 0 Å². The number of aromatic amines is 1. The molecule has 2 rings (SSSR count). The van der Waals surface area contributed by atoms with E-state index in [1.54, 1.807) is 37.3 Å². The van der Waals surface area contributed by atoms with E-state index >= 15 is 0 Å². The van der Waals surface area contributed by atoms with Crippen LogP contribution in [0.5, 0.6) is 0 Å². The fourth-order valence-corrected chi connectivity index (χ4v) is 2.41. The molecule has 6 heteroatoms. The Morgan fingerprint density at radius 2 is 2.04 bits per heavy atom. The molecule has 0 aliphatic heterocycles.